The zero-order chi connectivity index (χ0) is 21.7. The Morgan fingerprint density at radius 3 is 2.30 bits per heavy atom. The molecule has 0 aromatic heterocycles. The van der Waals surface area contributed by atoms with E-state index in [-0.39, 0.29) is 15.5 Å². The van der Waals surface area contributed by atoms with E-state index < -0.39 is 28.4 Å². The van der Waals surface area contributed by atoms with Gasteiger partial charge in [0.1, 0.15) is 4.90 Å². The second-order valence-corrected chi connectivity index (χ2v) is 9.72. The lowest BCUT2D eigenvalue weighted by atomic mass is 10.1. The standard InChI is InChI=1S/C21H21Cl2NO5S/c22-17-7-5-6-15(12-17)19(25)14-29-21(26)16-8-9-18(23)20(13-16)30(27,28)24-10-3-1-2-4-11-24/h5-9,12-13H,1-4,10-11,14H2. The van der Waals surface area contributed by atoms with Crippen LogP contribution in [0.15, 0.2) is 47.4 Å². The fraction of sp³-hybridized carbons (Fsp3) is 0.333. The van der Waals surface area contributed by atoms with Crippen molar-refractivity contribution in [2.75, 3.05) is 19.7 Å². The van der Waals surface area contributed by atoms with Gasteiger partial charge in [0, 0.05) is 23.7 Å². The van der Waals surface area contributed by atoms with Crippen LogP contribution in [0.3, 0.4) is 0 Å². The fourth-order valence-electron chi connectivity index (χ4n) is 3.21. The maximum Gasteiger partial charge on any atom is 0.338 e. The molecule has 0 aliphatic carbocycles. The average Bonchev–Trinajstić information content (AvgIpc) is 3.02. The van der Waals surface area contributed by atoms with Crippen molar-refractivity contribution >= 4 is 45.0 Å². The highest BCUT2D eigenvalue weighted by Gasteiger charge is 2.28. The van der Waals surface area contributed by atoms with E-state index in [1.54, 1.807) is 18.2 Å². The van der Waals surface area contributed by atoms with Crippen molar-refractivity contribution < 1.29 is 22.7 Å². The summed E-state index contributed by atoms with van der Waals surface area (Å²) in [6, 6.07) is 10.2. The first-order valence-electron chi connectivity index (χ1n) is 9.54. The van der Waals surface area contributed by atoms with Gasteiger partial charge in [0.25, 0.3) is 0 Å². The summed E-state index contributed by atoms with van der Waals surface area (Å²) in [4.78, 5) is 24.5. The third-order valence-corrected chi connectivity index (χ3v) is 7.45. The van der Waals surface area contributed by atoms with E-state index in [0.29, 0.717) is 23.7 Å². The summed E-state index contributed by atoms with van der Waals surface area (Å²) in [5.74, 6) is -1.23. The van der Waals surface area contributed by atoms with Gasteiger partial charge in [0.15, 0.2) is 12.4 Å². The van der Waals surface area contributed by atoms with Crippen LogP contribution in [-0.2, 0) is 14.8 Å². The molecule has 1 fully saturated rings. The number of hydrogen-bond acceptors (Lipinski definition) is 5. The molecule has 0 amide bonds. The highest BCUT2D eigenvalue weighted by atomic mass is 35.5. The zero-order valence-electron chi connectivity index (χ0n) is 16.1. The third-order valence-electron chi connectivity index (χ3n) is 4.83. The van der Waals surface area contributed by atoms with E-state index in [1.807, 2.05) is 0 Å². The summed E-state index contributed by atoms with van der Waals surface area (Å²) in [5.41, 5.74) is 0.322. The van der Waals surface area contributed by atoms with Crippen LogP contribution in [0.1, 0.15) is 46.4 Å². The molecule has 1 heterocycles. The van der Waals surface area contributed by atoms with Gasteiger partial charge in [-0.05, 0) is 43.2 Å². The van der Waals surface area contributed by atoms with E-state index in [2.05, 4.69) is 0 Å². The normalized spacial score (nSPS) is 15.4. The lowest BCUT2D eigenvalue weighted by Gasteiger charge is -2.21. The number of nitrogens with zero attached hydrogens (tertiary/aromatic N) is 1. The Balaban J connectivity index is 1.75. The van der Waals surface area contributed by atoms with E-state index in [9.17, 15) is 18.0 Å². The highest BCUT2D eigenvalue weighted by molar-refractivity contribution is 7.89. The van der Waals surface area contributed by atoms with Gasteiger partial charge in [-0.3, -0.25) is 4.79 Å². The predicted octanol–water partition coefficient (Wildman–Crippen LogP) is 4.60. The smallest absolute Gasteiger partial charge is 0.338 e. The molecule has 0 saturated carbocycles. The molecular weight excluding hydrogens is 449 g/mol. The number of hydrogen-bond donors (Lipinski definition) is 0. The molecular formula is C21H21Cl2NO5S. The summed E-state index contributed by atoms with van der Waals surface area (Å²) in [7, 11) is -3.84. The summed E-state index contributed by atoms with van der Waals surface area (Å²) in [6.45, 7) is 0.346. The zero-order valence-corrected chi connectivity index (χ0v) is 18.5. The first-order valence-corrected chi connectivity index (χ1v) is 11.7. The number of rotatable bonds is 6. The van der Waals surface area contributed by atoms with E-state index in [1.165, 1.54) is 28.6 Å². The number of sulfonamides is 1. The van der Waals surface area contributed by atoms with Crippen molar-refractivity contribution in [3.05, 3.63) is 63.6 Å². The Morgan fingerprint density at radius 1 is 0.933 bits per heavy atom. The molecule has 2 aromatic carbocycles. The van der Waals surface area contributed by atoms with Crippen molar-refractivity contribution in [1.82, 2.24) is 4.31 Å². The minimum Gasteiger partial charge on any atom is -0.454 e. The molecule has 0 spiro atoms. The molecule has 0 atom stereocenters. The SMILES string of the molecule is O=C(COC(=O)c1ccc(Cl)c(S(=O)(=O)N2CCCCCC2)c1)c1cccc(Cl)c1. The van der Waals surface area contributed by atoms with Crippen LogP contribution in [-0.4, -0.2) is 44.2 Å². The van der Waals surface area contributed by atoms with Gasteiger partial charge >= 0.3 is 5.97 Å². The van der Waals surface area contributed by atoms with Crippen molar-refractivity contribution in [3.63, 3.8) is 0 Å². The van der Waals surface area contributed by atoms with Gasteiger partial charge < -0.3 is 4.74 Å². The number of carbonyl (C=O) groups excluding carboxylic acids is 2. The maximum absolute atomic E-state index is 13.0. The first-order chi connectivity index (χ1) is 14.3. The molecule has 0 N–H and O–H groups in total. The molecule has 1 aliphatic rings. The summed E-state index contributed by atoms with van der Waals surface area (Å²) < 4.78 is 32.6. The Hall–Kier alpha value is -1.93. The van der Waals surface area contributed by atoms with Gasteiger partial charge in [-0.25, -0.2) is 13.2 Å². The second kappa shape index (κ2) is 9.92. The van der Waals surface area contributed by atoms with Crippen LogP contribution >= 0.6 is 23.2 Å². The maximum atomic E-state index is 13.0. The van der Waals surface area contributed by atoms with Crippen LogP contribution in [0, 0.1) is 0 Å². The number of halogens is 2. The fourth-order valence-corrected chi connectivity index (χ4v) is 5.42. The monoisotopic (exact) mass is 469 g/mol. The van der Waals surface area contributed by atoms with Crippen LogP contribution in [0.4, 0.5) is 0 Å². The summed E-state index contributed by atoms with van der Waals surface area (Å²) >= 11 is 12.0. The van der Waals surface area contributed by atoms with E-state index in [4.69, 9.17) is 27.9 Å². The predicted molar refractivity (Wildman–Crippen MR) is 115 cm³/mol. The minimum atomic E-state index is -3.84. The molecule has 1 aliphatic heterocycles. The van der Waals surface area contributed by atoms with Gasteiger partial charge in [-0.2, -0.15) is 4.31 Å². The van der Waals surface area contributed by atoms with Crippen molar-refractivity contribution in [1.29, 1.82) is 0 Å². The molecule has 2 aromatic rings. The molecule has 3 rings (SSSR count). The minimum absolute atomic E-state index is 0.00620. The number of carbonyl (C=O) groups is 2. The van der Waals surface area contributed by atoms with Crippen molar-refractivity contribution in [2.45, 2.75) is 30.6 Å². The molecule has 0 radical (unpaired) electrons. The largest absolute Gasteiger partial charge is 0.454 e. The highest BCUT2D eigenvalue weighted by Crippen LogP contribution is 2.28. The topological polar surface area (TPSA) is 80.8 Å². The molecule has 0 unspecified atom stereocenters. The quantitative estimate of drug-likeness (QED) is 0.456. The molecule has 30 heavy (non-hydrogen) atoms. The third kappa shape index (κ3) is 5.40. The molecule has 0 bridgehead atoms. The average molecular weight is 470 g/mol. The second-order valence-electron chi connectivity index (χ2n) is 6.97. The van der Waals surface area contributed by atoms with Crippen molar-refractivity contribution in [2.24, 2.45) is 0 Å². The van der Waals surface area contributed by atoms with Crippen LogP contribution in [0.5, 0.6) is 0 Å². The van der Waals surface area contributed by atoms with Gasteiger partial charge in [0.2, 0.25) is 10.0 Å². The molecule has 160 valence electrons. The number of Topliss-reactive ketones (excluding diaryl/α,β-unsaturated/α-hetero) is 1. The Labute approximate surface area is 185 Å². The van der Waals surface area contributed by atoms with E-state index in [0.717, 1.165) is 25.7 Å². The Bertz CT molecular complexity index is 1050. The van der Waals surface area contributed by atoms with Crippen LogP contribution in [0.2, 0.25) is 10.0 Å². The van der Waals surface area contributed by atoms with Gasteiger partial charge in [-0.1, -0.05) is 48.2 Å². The van der Waals surface area contributed by atoms with Crippen molar-refractivity contribution in [3.8, 4) is 0 Å². The lowest BCUT2D eigenvalue weighted by molar-refractivity contribution is 0.0474. The van der Waals surface area contributed by atoms with E-state index >= 15 is 0 Å². The Kier molecular flexibility index (Phi) is 7.52. The lowest BCUT2D eigenvalue weighted by Crippen LogP contribution is -2.32. The number of benzene rings is 2. The van der Waals surface area contributed by atoms with Gasteiger partial charge in [-0.15, -0.1) is 0 Å². The number of esters is 1. The summed E-state index contributed by atoms with van der Waals surface area (Å²) in [6.07, 6.45) is 3.52. The first kappa shape index (κ1) is 22.7. The number of ketones is 1. The van der Waals surface area contributed by atoms with Gasteiger partial charge in [0.05, 0.1) is 10.6 Å². The number of ether oxygens (including phenoxy) is 1. The van der Waals surface area contributed by atoms with Crippen LogP contribution in [0.25, 0.3) is 0 Å². The summed E-state index contributed by atoms with van der Waals surface area (Å²) in [5, 5.41) is 0.430. The molecule has 6 nitrogen and oxygen atoms in total. The van der Waals surface area contributed by atoms with Crippen LogP contribution < -0.4 is 0 Å². The Morgan fingerprint density at radius 2 is 1.63 bits per heavy atom. The molecule has 1 saturated heterocycles. The molecule has 9 heteroatoms.